The van der Waals surface area contributed by atoms with E-state index in [1.54, 1.807) is 12.4 Å². The first kappa shape index (κ1) is 16.6. The van der Waals surface area contributed by atoms with Gasteiger partial charge in [0.1, 0.15) is 0 Å². The Morgan fingerprint density at radius 3 is 2.26 bits per heavy atom. The molecule has 0 unspecified atom stereocenters. The van der Waals surface area contributed by atoms with Crippen molar-refractivity contribution in [2.24, 2.45) is 0 Å². The van der Waals surface area contributed by atoms with Gasteiger partial charge in [-0.25, -0.2) is 0 Å². The quantitative estimate of drug-likeness (QED) is 0.781. The van der Waals surface area contributed by atoms with Gasteiger partial charge in [0.05, 0.1) is 29.6 Å². The van der Waals surface area contributed by atoms with Gasteiger partial charge in [0.25, 0.3) is 0 Å². The molecule has 23 heavy (non-hydrogen) atoms. The molecule has 0 radical (unpaired) electrons. The number of hydrogen-bond donors (Lipinski definition) is 0. The molecule has 6 heteroatoms. The second-order valence-corrected chi connectivity index (χ2v) is 7.63. The molecule has 1 aromatic heterocycles. The summed E-state index contributed by atoms with van der Waals surface area (Å²) in [7, 11) is -0.510. The van der Waals surface area contributed by atoms with Crippen molar-refractivity contribution in [3.63, 3.8) is 0 Å². The zero-order chi connectivity index (χ0) is 16.8. The maximum absolute atomic E-state index is 6.15. The summed E-state index contributed by atoms with van der Waals surface area (Å²) in [5.74, 6) is 1.36. The summed E-state index contributed by atoms with van der Waals surface area (Å²) in [6.45, 7) is 12.1. The molecule has 1 aliphatic carbocycles. The normalized spacial score (nSPS) is 22.5. The average molecular weight is 319 g/mol. The first-order valence-electron chi connectivity index (χ1n) is 8.36. The van der Waals surface area contributed by atoms with Crippen LogP contribution in [0.4, 0.5) is 0 Å². The van der Waals surface area contributed by atoms with E-state index in [4.69, 9.17) is 18.8 Å². The molecule has 0 aromatic carbocycles. The van der Waals surface area contributed by atoms with Gasteiger partial charge in [-0.15, -0.1) is 0 Å². The molecule has 0 N–H and O–H groups in total. The van der Waals surface area contributed by atoms with Crippen LogP contribution in [0.15, 0.2) is 12.4 Å². The van der Waals surface area contributed by atoms with E-state index in [2.05, 4.69) is 4.98 Å². The SMILES string of the molecule is CC(C)Oc1c(OC2CC2)cncc1B1OC(C)(C)C(C)(C)O1. The maximum atomic E-state index is 6.15. The molecule has 5 nitrogen and oxygen atoms in total. The number of nitrogens with zero attached hydrogens (tertiary/aromatic N) is 1. The Bertz CT molecular complexity index is 568. The first-order valence-corrected chi connectivity index (χ1v) is 8.36. The molecule has 2 aliphatic rings. The average Bonchev–Trinajstić information content (AvgIpc) is 3.19. The topological polar surface area (TPSA) is 49.8 Å². The summed E-state index contributed by atoms with van der Waals surface area (Å²) in [6, 6.07) is 0. The van der Waals surface area contributed by atoms with Gasteiger partial charge in [-0.05, 0) is 54.4 Å². The minimum Gasteiger partial charge on any atom is -0.487 e. The number of hydrogen-bond acceptors (Lipinski definition) is 5. The zero-order valence-corrected chi connectivity index (χ0v) is 14.9. The lowest BCUT2D eigenvalue weighted by Gasteiger charge is -2.32. The smallest absolute Gasteiger partial charge is 0.487 e. The van der Waals surface area contributed by atoms with Crippen molar-refractivity contribution < 1.29 is 18.8 Å². The van der Waals surface area contributed by atoms with Gasteiger partial charge in [0, 0.05) is 11.7 Å². The standard InChI is InChI=1S/C17H26BNO4/c1-11(2)20-15-13(9-19-10-14(15)21-12-7-8-12)18-22-16(3,4)17(5,6)23-18/h9-12H,7-8H2,1-6H3. The largest absolute Gasteiger partial charge is 0.500 e. The van der Waals surface area contributed by atoms with E-state index in [0.717, 1.165) is 18.3 Å². The molecule has 1 saturated heterocycles. The van der Waals surface area contributed by atoms with Gasteiger partial charge in [-0.2, -0.15) is 0 Å². The van der Waals surface area contributed by atoms with Gasteiger partial charge < -0.3 is 18.8 Å². The van der Waals surface area contributed by atoms with Gasteiger partial charge in [-0.3, -0.25) is 4.98 Å². The van der Waals surface area contributed by atoms with E-state index in [1.165, 1.54) is 0 Å². The molecule has 0 bridgehead atoms. The second kappa shape index (κ2) is 5.67. The van der Waals surface area contributed by atoms with Crippen LogP contribution in [-0.2, 0) is 9.31 Å². The Kier molecular flexibility index (Phi) is 4.09. The van der Waals surface area contributed by atoms with Crippen LogP contribution in [0.1, 0.15) is 54.4 Å². The number of rotatable bonds is 5. The highest BCUT2D eigenvalue weighted by atomic mass is 16.7. The fraction of sp³-hybridized carbons (Fsp3) is 0.706. The van der Waals surface area contributed by atoms with Crippen LogP contribution in [0, 0.1) is 0 Å². The second-order valence-electron chi connectivity index (χ2n) is 7.63. The molecule has 1 aliphatic heterocycles. The Labute approximate surface area is 138 Å². The third-order valence-electron chi connectivity index (χ3n) is 4.57. The van der Waals surface area contributed by atoms with E-state index < -0.39 is 18.3 Å². The summed E-state index contributed by atoms with van der Waals surface area (Å²) in [5, 5.41) is 0. The van der Waals surface area contributed by atoms with Crippen molar-refractivity contribution in [1.29, 1.82) is 0 Å². The lowest BCUT2D eigenvalue weighted by Crippen LogP contribution is -2.41. The van der Waals surface area contributed by atoms with Gasteiger partial charge in [-0.1, -0.05) is 0 Å². The molecule has 2 fully saturated rings. The van der Waals surface area contributed by atoms with E-state index in [9.17, 15) is 0 Å². The van der Waals surface area contributed by atoms with E-state index in [1.807, 2.05) is 41.5 Å². The molecular formula is C17H26BNO4. The summed E-state index contributed by atoms with van der Waals surface area (Å²) >= 11 is 0. The number of aromatic nitrogens is 1. The van der Waals surface area contributed by atoms with Crippen LogP contribution < -0.4 is 14.9 Å². The van der Waals surface area contributed by atoms with E-state index >= 15 is 0 Å². The lowest BCUT2D eigenvalue weighted by molar-refractivity contribution is 0.00578. The summed E-state index contributed by atoms with van der Waals surface area (Å²) < 4.78 is 24.3. The van der Waals surface area contributed by atoms with Crippen molar-refractivity contribution in [3.8, 4) is 11.5 Å². The molecule has 1 aromatic rings. The van der Waals surface area contributed by atoms with E-state index in [0.29, 0.717) is 11.5 Å². The third kappa shape index (κ3) is 3.33. The van der Waals surface area contributed by atoms with E-state index in [-0.39, 0.29) is 12.2 Å². The Balaban J connectivity index is 1.94. The summed E-state index contributed by atoms with van der Waals surface area (Å²) in [4.78, 5) is 4.31. The van der Waals surface area contributed by atoms with Crippen molar-refractivity contribution in [2.75, 3.05) is 0 Å². The highest BCUT2D eigenvalue weighted by Gasteiger charge is 2.53. The molecule has 0 spiro atoms. The summed E-state index contributed by atoms with van der Waals surface area (Å²) in [5.41, 5.74) is -0.0178. The predicted octanol–water partition coefficient (Wildman–Crippen LogP) is 2.71. The molecule has 0 atom stereocenters. The minimum absolute atomic E-state index is 0.0279. The molecule has 2 heterocycles. The molecule has 0 amide bonds. The first-order chi connectivity index (χ1) is 10.7. The number of pyridine rings is 1. The van der Waals surface area contributed by atoms with Crippen LogP contribution in [0.3, 0.4) is 0 Å². The van der Waals surface area contributed by atoms with Crippen molar-refractivity contribution in [2.45, 2.75) is 77.8 Å². The van der Waals surface area contributed by atoms with Gasteiger partial charge in [0.2, 0.25) is 0 Å². The Morgan fingerprint density at radius 1 is 1.13 bits per heavy atom. The molecular weight excluding hydrogens is 293 g/mol. The van der Waals surface area contributed by atoms with Crippen LogP contribution in [-0.4, -0.2) is 35.5 Å². The summed E-state index contributed by atoms with van der Waals surface area (Å²) in [6.07, 6.45) is 5.94. The molecule has 126 valence electrons. The third-order valence-corrected chi connectivity index (χ3v) is 4.57. The van der Waals surface area contributed by atoms with Crippen molar-refractivity contribution in [3.05, 3.63) is 12.4 Å². The predicted molar refractivity (Wildman–Crippen MR) is 89.4 cm³/mol. The lowest BCUT2D eigenvalue weighted by atomic mass is 9.79. The minimum atomic E-state index is -0.510. The Hall–Kier alpha value is -1.27. The molecule has 3 rings (SSSR count). The highest BCUT2D eigenvalue weighted by molar-refractivity contribution is 6.63. The highest BCUT2D eigenvalue weighted by Crippen LogP contribution is 2.39. The zero-order valence-electron chi connectivity index (χ0n) is 14.9. The van der Waals surface area contributed by atoms with Crippen molar-refractivity contribution in [1.82, 2.24) is 4.98 Å². The fourth-order valence-corrected chi connectivity index (χ4v) is 2.39. The van der Waals surface area contributed by atoms with Crippen LogP contribution >= 0.6 is 0 Å². The monoisotopic (exact) mass is 319 g/mol. The van der Waals surface area contributed by atoms with Gasteiger partial charge >= 0.3 is 7.12 Å². The van der Waals surface area contributed by atoms with Crippen LogP contribution in [0.2, 0.25) is 0 Å². The maximum Gasteiger partial charge on any atom is 0.500 e. The fourth-order valence-electron chi connectivity index (χ4n) is 2.39. The van der Waals surface area contributed by atoms with Crippen molar-refractivity contribution >= 4 is 12.6 Å². The van der Waals surface area contributed by atoms with Gasteiger partial charge in [0.15, 0.2) is 11.5 Å². The van der Waals surface area contributed by atoms with Crippen LogP contribution in [0.5, 0.6) is 11.5 Å². The number of ether oxygens (including phenoxy) is 2. The molecule has 1 saturated carbocycles. The Morgan fingerprint density at radius 2 is 1.74 bits per heavy atom. The van der Waals surface area contributed by atoms with Crippen LogP contribution in [0.25, 0.3) is 0 Å².